The SMILES string of the molecule is CC(C)(C)OCN1CCN(CC2CCN(C(C)(C)C)CC2)CC1. The molecule has 0 N–H and O–H groups in total. The molecule has 0 atom stereocenters. The van der Waals surface area contributed by atoms with Crippen LogP contribution in [0.4, 0.5) is 0 Å². The van der Waals surface area contributed by atoms with Crippen LogP contribution in [0.1, 0.15) is 54.4 Å². The highest BCUT2D eigenvalue weighted by atomic mass is 16.5. The van der Waals surface area contributed by atoms with Crippen LogP contribution in [0.2, 0.25) is 0 Å². The summed E-state index contributed by atoms with van der Waals surface area (Å²) >= 11 is 0. The molecular weight excluding hydrogens is 286 g/mol. The van der Waals surface area contributed by atoms with Gasteiger partial charge in [-0.25, -0.2) is 0 Å². The van der Waals surface area contributed by atoms with Gasteiger partial charge in [-0.15, -0.1) is 0 Å². The van der Waals surface area contributed by atoms with Gasteiger partial charge in [-0.2, -0.15) is 0 Å². The number of likely N-dealkylation sites (tertiary alicyclic amines) is 1. The molecule has 0 aromatic heterocycles. The Morgan fingerprint density at radius 1 is 0.783 bits per heavy atom. The van der Waals surface area contributed by atoms with Crippen molar-refractivity contribution < 1.29 is 4.74 Å². The second-order valence-corrected chi connectivity index (χ2v) is 9.41. The van der Waals surface area contributed by atoms with Crippen molar-refractivity contribution in [3.63, 3.8) is 0 Å². The van der Waals surface area contributed by atoms with E-state index in [0.717, 1.165) is 25.7 Å². The Balaban J connectivity index is 1.64. The summed E-state index contributed by atoms with van der Waals surface area (Å²) in [4.78, 5) is 7.76. The Morgan fingerprint density at radius 2 is 1.30 bits per heavy atom. The van der Waals surface area contributed by atoms with E-state index in [2.05, 4.69) is 56.2 Å². The summed E-state index contributed by atoms with van der Waals surface area (Å²) in [7, 11) is 0. The minimum absolute atomic E-state index is 0.0296. The fourth-order valence-electron chi connectivity index (χ4n) is 3.54. The molecule has 4 heteroatoms. The first-order valence-corrected chi connectivity index (χ1v) is 9.47. The quantitative estimate of drug-likeness (QED) is 0.791. The normalized spacial score (nSPS) is 24.3. The van der Waals surface area contributed by atoms with Gasteiger partial charge in [0.1, 0.15) is 0 Å². The topological polar surface area (TPSA) is 19.0 Å². The van der Waals surface area contributed by atoms with E-state index in [-0.39, 0.29) is 5.60 Å². The van der Waals surface area contributed by atoms with Gasteiger partial charge in [0.05, 0.1) is 12.3 Å². The predicted molar refractivity (Wildman–Crippen MR) is 97.8 cm³/mol. The van der Waals surface area contributed by atoms with E-state index in [4.69, 9.17) is 4.74 Å². The van der Waals surface area contributed by atoms with E-state index in [1.54, 1.807) is 0 Å². The zero-order valence-electron chi connectivity index (χ0n) is 16.4. The van der Waals surface area contributed by atoms with Crippen LogP contribution in [0.15, 0.2) is 0 Å². The molecule has 0 aromatic carbocycles. The van der Waals surface area contributed by atoms with Crippen LogP contribution in [0.5, 0.6) is 0 Å². The molecule has 0 amide bonds. The molecule has 2 rings (SSSR count). The molecule has 0 saturated carbocycles. The smallest absolute Gasteiger partial charge is 0.0998 e. The number of piperidine rings is 1. The van der Waals surface area contributed by atoms with Crippen LogP contribution < -0.4 is 0 Å². The molecule has 0 radical (unpaired) electrons. The van der Waals surface area contributed by atoms with Crippen molar-refractivity contribution in [2.45, 2.75) is 65.5 Å². The maximum atomic E-state index is 5.90. The third kappa shape index (κ3) is 6.69. The molecule has 0 unspecified atom stereocenters. The van der Waals surface area contributed by atoms with E-state index in [1.807, 2.05) is 0 Å². The van der Waals surface area contributed by atoms with Crippen molar-refractivity contribution in [1.82, 2.24) is 14.7 Å². The lowest BCUT2D eigenvalue weighted by Crippen LogP contribution is -2.51. The van der Waals surface area contributed by atoms with Crippen molar-refractivity contribution >= 4 is 0 Å². The second kappa shape index (κ2) is 7.81. The lowest BCUT2D eigenvalue weighted by atomic mass is 9.92. The standard InChI is InChI=1S/C19H39N3O/c1-18(2,3)22-9-7-17(8-10-22)15-20-11-13-21(14-12-20)16-23-19(4,5)6/h17H,7-16H2,1-6H3. The Labute approximate surface area is 144 Å². The first-order valence-electron chi connectivity index (χ1n) is 9.47. The number of hydrogen-bond donors (Lipinski definition) is 0. The van der Waals surface area contributed by atoms with Crippen molar-refractivity contribution in [2.75, 3.05) is 52.5 Å². The van der Waals surface area contributed by atoms with Crippen LogP contribution in [-0.4, -0.2) is 78.4 Å². The average molecular weight is 326 g/mol. The minimum atomic E-state index is -0.0296. The van der Waals surface area contributed by atoms with Gasteiger partial charge in [-0.05, 0) is 73.4 Å². The van der Waals surface area contributed by atoms with Crippen LogP contribution in [0.3, 0.4) is 0 Å². The van der Waals surface area contributed by atoms with E-state index in [9.17, 15) is 0 Å². The highest BCUT2D eigenvalue weighted by molar-refractivity contribution is 4.83. The molecule has 136 valence electrons. The third-order valence-corrected chi connectivity index (χ3v) is 5.22. The molecule has 2 saturated heterocycles. The maximum absolute atomic E-state index is 5.90. The van der Waals surface area contributed by atoms with Gasteiger partial charge in [0.2, 0.25) is 0 Å². The summed E-state index contributed by atoms with van der Waals surface area (Å²) < 4.78 is 5.90. The van der Waals surface area contributed by atoms with Crippen molar-refractivity contribution in [1.29, 1.82) is 0 Å². The summed E-state index contributed by atoms with van der Waals surface area (Å²) in [5.74, 6) is 0.894. The molecule has 4 nitrogen and oxygen atoms in total. The molecule has 23 heavy (non-hydrogen) atoms. The maximum Gasteiger partial charge on any atom is 0.0998 e. The van der Waals surface area contributed by atoms with Crippen molar-refractivity contribution in [3.8, 4) is 0 Å². The van der Waals surface area contributed by atoms with Crippen molar-refractivity contribution in [3.05, 3.63) is 0 Å². The number of nitrogens with zero attached hydrogens (tertiary/aromatic N) is 3. The fourth-order valence-corrected chi connectivity index (χ4v) is 3.54. The first-order chi connectivity index (χ1) is 10.6. The van der Waals surface area contributed by atoms with Gasteiger partial charge in [0.15, 0.2) is 0 Å². The van der Waals surface area contributed by atoms with E-state index >= 15 is 0 Å². The molecule has 0 aliphatic carbocycles. The first kappa shape index (κ1) is 19.2. The fraction of sp³-hybridized carbons (Fsp3) is 1.00. The van der Waals surface area contributed by atoms with Crippen molar-refractivity contribution in [2.24, 2.45) is 5.92 Å². The lowest BCUT2D eigenvalue weighted by molar-refractivity contribution is -0.0750. The monoisotopic (exact) mass is 325 g/mol. The van der Waals surface area contributed by atoms with E-state index < -0.39 is 0 Å². The Bertz CT molecular complexity index is 343. The van der Waals surface area contributed by atoms with Gasteiger partial charge < -0.3 is 9.64 Å². The molecule has 0 bridgehead atoms. The number of rotatable bonds is 4. The molecule has 2 aliphatic heterocycles. The number of hydrogen-bond acceptors (Lipinski definition) is 4. The van der Waals surface area contributed by atoms with Crippen LogP contribution >= 0.6 is 0 Å². The van der Waals surface area contributed by atoms with E-state index in [1.165, 1.54) is 45.6 Å². The zero-order valence-corrected chi connectivity index (χ0v) is 16.4. The van der Waals surface area contributed by atoms with Gasteiger partial charge in [0, 0.05) is 38.3 Å². The lowest BCUT2D eigenvalue weighted by Gasteiger charge is -2.43. The molecule has 2 heterocycles. The minimum Gasteiger partial charge on any atom is -0.360 e. The van der Waals surface area contributed by atoms with Crippen LogP contribution in [0.25, 0.3) is 0 Å². The Hall–Kier alpha value is -0.160. The Morgan fingerprint density at radius 3 is 1.78 bits per heavy atom. The Kier molecular flexibility index (Phi) is 6.51. The molecule has 2 aliphatic rings. The predicted octanol–water partition coefficient (Wildman–Crippen LogP) is 2.89. The third-order valence-electron chi connectivity index (χ3n) is 5.22. The summed E-state index contributed by atoms with van der Waals surface area (Å²) in [6.45, 7) is 22.7. The van der Waals surface area contributed by atoms with Gasteiger partial charge in [0.25, 0.3) is 0 Å². The summed E-state index contributed by atoms with van der Waals surface area (Å²) in [5, 5.41) is 0. The van der Waals surface area contributed by atoms with Crippen LogP contribution in [-0.2, 0) is 4.74 Å². The summed E-state index contributed by atoms with van der Waals surface area (Å²) in [6, 6.07) is 0. The highest BCUT2D eigenvalue weighted by Crippen LogP contribution is 2.24. The van der Waals surface area contributed by atoms with E-state index in [0.29, 0.717) is 5.54 Å². The molecule has 0 aromatic rings. The van der Waals surface area contributed by atoms with Gasteiger partial charge in [-0.1, -0.05) is 0 Å². The number of ether oxygens (including phenoxy) is 1. The summed E-state index contributed by atoms with van der Waals surface area (Å²) in [5.41, 5.74) is 0.307. The second-order valence-electron chi connectivity index (χ2n) is 9.41. The van der Waals surface area contributed by atoms with Crippen LogP contribution in [0, 0.1) is 5.92 Å². The highest BCUT2D eigenvalue weighted by Gasteiger charge is 2.28. The van der Waals surface area contributed by atoms with Gasteiger partial charge in [-0.3, -0.25) is 9.80 Å². The molecule has 0 spiro atoms. The molecule has 2 fully saturated rings. The average Bonchev–Trinajstić information content (AvgIpc) is 2.45. The van der Waals surface area contributed by atoms with Gasteiger partial charge >= 0.3 is 0 Å². The molecular formula is C19H39N3O. The largest absolute Gasteiger partial charge is 0.360 e. The number of piperazine rings is 1. The zero-order chi connectivity index (χ0) is 17.1. The summed E-state index contributed by atoms with van der Waals surface area (Å²) in [6.07, 6.45) is 2.73.